The molecule has 1 fully saturated rings. The first kappa shape index (κ1) is 12.1. The smallest absolute Gasteiger partial charge is 0.319 e. The molecule has 3 heteroatoms. The van der Waals surface area contributed by atoms with Gasteiger partial charge in [-0.1, -0.05) is 30.3 Å². The molecule has 0 amide bonds. The standard InChI is InChI=1S/C14H19NO2/c16-14(11-15-10-13-6-7-13)17-9-8-12-4-2-1-3-5-12/h1-5,13,15H,6-11H2. The number of carbonyl (C=O) groups excluding carboxylic acids is 1. The summed E-state index contributed by atoms with van der Waals surface area (Å²) in [6.45, 7) is 1.76. The summed E-state index contributed by atoms with van der Waals surface area (Å²) in [5, 5.41) is 3.12. The van der Waals surface area contributed by atoms with Gasteiger partial charge in [0, 0.05) is 6.42 Å². The summed E-state index contributed by atoms with van der Waals surface area (Å²) in [7, 11) is 0. The Balaban J connectivity index is 1.53. The molecule has 0 radical (unpaired) electrons. The first-order valence-electron chi connectivity index (χ1n) is 6.25. The summed E-state index contributed by atoms with van der Waals surface area (Å²) in [4.78, 5) is 11.4. The molecule has 17 heavy (non-hydrogen) atoms. The Bertz CT molecular complexity index is 346. The van der Waals surface area contributed by atoms with Gasteiger partial charge in [-0.3, -0.25) is 4.79 Å². The SMILES string of the molecule is O=C(CNCC1CC1)OCCc1ccccc1. The number of hydrogen-bond acceptors (Lipinski definition) is 3. The van der Waals surface area contributed by atoms with Crippen molar-refractivity contribution in [2.45, 2.75) is 19.3 Å². The first-order chi connectivity index (χ1) is 8.34. The number of ether oxygens (including phenoxy) is 1. The van der Waals surface area contributed by atoms with Crippen molar-refractivity contribution >= 4 is 5.97 Å². The third-order valence-electron chi connectivity index (χ3n) is 2.90. The fourth-order valence-electron chi connectivity index (χ4n) is 1.68. The highest BCUT2D eigenvalue weighted by Gasteiger charge is 2.20. The molecule has 0 heterocycles. The lowest BCUT2D eigenvalue weighted by Gasteiger charge is -2.05. The zero-order chi connectivity index (χ0) is 11.9. The number of benzene rings is 1. The quantitative estimate of drug-likeness (QED) is 0.729. The number of esters is 1. The molecule has 0 saturated heterocycles. The third-order valence-corrected chi connectivity index (χ3v) is 2.90. The van der Waals surface area contributed by atoms with Crippen molar-refractivity contribution in [3.63, 3.8) is 0 Å². The first-order valence-corrected chi connectivity index (χ1v) is 6.25. The summed E-state index contributed by atoms with van der Waals surface area (Å²) >= 11 is 0. The molecule has 0 aromatic heterocycles. The van der Waals surface area contributed by atoms with Crippen LogP contribution in [0.25, 0.3) is 0 Å². The zero-order valence-electron chi connectivity index (χ0n) is 10.0. The lowest BCUT2D eigenvalue weighted by molar-refractivity contribution is -0.142. The molecule has 1 aliphatic carbocycles. The van der Waals surface area contributed by atoms with Crippen LogP contribution in [0.4, 0.5) is 0 Å². The average Bonchev–Trinajstić information content (AvgIpc) is 3.14. The van der Waals surface area contributed by atoms with E-state index in [9.17, 15) is 4.79 Å². The molecule has 0 spiro atoms. The maximum Gasteiger partial charge on any atom is 0.319 e. The van der Waals surface area contributed by atoms with E-state index in [0.29, 0.717) is 13.2 Å². The van der Waals surface area contributed by atoms with Gasteiger partial charge in [0.2, 0.25) is 0 Å². The highest BCUT2D eigenvalue weighted by atomic mass is 16.5. The third kappa shape index (κ3) is 5.00. The summed E-state index contributed by atoms with van der Waals surface area (Å²) in [6, 6.07) is 10.1. The van der Waals surface area contributed by atoms with E-state index in [0.717, 1.165) is 18.9 Å². The van der Waals surface area contributed by atoms with Gasteiger partial charge < -0.3 is 10.1 Å². The van der Waals surface area contributed by atoms with Crippen LogP contribution in [0.5, 0.6) is 0 Å². The van der Waals surface area contributed by atoms with Crippen molar-refractivity contribution in [1.82, 2.24) is 5.32 Å². The monoisotopic (exact) mass is 233 g/mol. The summed E-state index contributed by atoms with van der Waals surface area (Å²) in [6.07, 6.45) is 3.39. The van der Waals surface area contributed by atoms with Gasteiger partial charge in [0.15, 0.2) is 0 Å². The minimum absolute atomic E-state index is 0.151. The molecule has 92 valence electrons. The van der Waals surface area contributed by atoms with Crippen molar-refractivity contribution in [3.8, 4) is 0 Å². The Labute approximate surface area is 102 Å². The van der Waals surface area contributed by atoms with E-state index in [1.54, 1.807) is 0 Å². The Hall–Kier alpha value is -1.35. The molecule has 0 atom stereocenters. The van der Waals surface area contributed by atoms with Crippen molar-refractivity contribution in [2.75, 3.05) is 19.7 Å². The summed E-state index contributed by atoms with van der Waals surface area (Å²) in [5.74, 6) is 0.647. The number of rotatable bonds is 7. The van der Waals surface area contributed by atoms with Crippen LogP contribution >= 0.6 is 0 Å². The lowest BCUT2D eigenvalue weighted by Crippen LogP contribution is -2.26. The Morgan fingerprint density at radius 1 is 1.29 bits per heavy atom. The fraction of sp³-hybridized carbons (Fsp3) is 0.500. The highest BCUT2D eigenvalue weighted by Crippen LogP contribution is 2.27. The molecule has 1 N–H and O–H groups in total. The molecule has 1 saturated carbocycles. The van der Waals surface area contributed by atoms with E-state index in [2.05, 4.69) is 5.32 Å². The molecule has 3 nitrogen and oxygen atoms in total. The van der Waals surface area contributed by atoms with Crippen molar-refractivity contribution in [3.05, 3.63) is 35.9 Å². The van der Waals surface area contributed by atoms with E-state index >= 15 is 0 Å². The normalized spacial score (nSPS) is 14.6. The second kappa shape index (κ2) is 6.40. The molecule has 1 aliphatic rings. The molecule has 1 aromatic rings. The summed E-state index contributed by atoms with van der Waals surface area (Å²) < 4.78 is 5.15. The maximum absolute atomic E-state index is 11.4. The van der Waals surface area contributed by atoms with Crippen LogP contribution in [0.1, 0.15) is 18.4 Å². The van der Waals surface area contributed by atoms with E-state index in [4.69, 9.17) is 4.74 Å². The van der Waals surface area contributed by atoms with Crippen LogP contribution in [0, 0.1) is 5.92 Å². The van der Waals surface area contributed by atoms with Gasteiger partial charge in [0.25, 0.3) is 0 Å². The van der Waals surface area contributed by atoms with E-state index < -0.39 is 0 Å². The minimum Gasteiger partial charge on any atom is -0.464 e. The van der Waals surface area contributed by atoms with E-state index in [1.165, 1.54) is 18.4 Å². The second-order valence-corrected chi connectivity index (χ2v) is 4.53. The van der Waals surface area contributed by atoms with Crippen molar-refractivity contribution in [2.24, 2.45) is 5.92 Å². The number of hydrogen-bond donors (Lipinski definition) is 1. The molecule has 2 rings (SSSR count). The maximum atomic E-state index is 11.4. The Morgan fingerprint density at radius 3 is 2.76 bits per heavy atom. The van der Waals surface area contributed by atoms with Crippen LogP contribution in [-0.2, 0) is 16.0 Å². The molecular formula is C14H19NO2. The number of nitrogens with one attached hydrogen (secondary N) is 1. The highest BCUT2D eigenvalue weighted by molar-refractivity contribution is 5.71. The van der Waals surface area contributed by atoms with Gasteiger partial charge in [0.05, 0.1) is 13.2 Å². The lowest BCUT2D eigenvalue weighted by atomic mass is 10.2. The van der Waals surface area contributed by atoms with Gasteiger partial charge >= 0.3 is 5.97 Å². The van der Waals surface area contributed by atoms with Crippen molar-refractivity contribution in [1.29, 1.82) is 0 Å². The predicted octanol–water partition coefficient (Wildman–Crippen LogP) is 1.77. The fourth-order valence-corrected chi connectivity index (χ4v) is 1.68. The average molecular weight is 233 g/mol. The van der Waals surface area contributed by atoms with E-state index in [1.807, 2.05) is 30.3 Å². The molecule has 1 aromatic carbocycles. The van der Waals surface area contributed by atoms with Gasteiger partial charge in [-0.2, -0.15) is 0 Å². The van der Waals surface area contributed by atoms with Crippen LogP contribution in [0.2, 0.25) is 0 Å². The minimum atomic E-state index is -0.151. The molecular weight excluding hydrogens is 214 g/mol. The van der Waals surface area contributed by atoms with Gasteiger partial charge in [-0.05, 0) is 30.9 Å². The molecule has 0 bridgehead atoms. The van der Waals surface area contributed by atoms with Gasteiger partial charge in [-0.15, -0.1) is 0 Å². The Kier molecular flexibility index (Phi) is 4.56. The summed E-state index contributed by atoms with van der Waals surface area (Å²) in [5.41, 5.74) is 1.20. The van der Waals surface area contributed by atoms with Crippen LogP contribution in [-0.4, -0.2) is 25.7 Å². The Morgan fingerprint density at radius 2 is 2.06 bits per heavy atom. The molecule has 0 unspecified atom stereocenters. The van der Waals surface area contributed by atoms with Crippen LogP contribution < -0.4 is 5.32 Å². The van der Waals surface area contributed by atoms with E-state index in [-0.39, 0.29) is 5.97 Å². The largest absolute Gasteiger partial charge is 0.464 e. The van der Waals surface area contributed by atoms with Crippen molar-refractivity contribution < 1.29 is 9.53 Å². The zero-order valence-corrected chi connectivity index (χ0v) is 10.0. The van der Waals surface area contributed by atoms with Crippen LogP contribution in [0.15, 0.2) is 30.3 Å². The number of carbonyl (C=O) groups is 1. The topological polar surface area (TPSA) is 38.3 Å². The second-order valence-electron chi connectivity index (χ2n) is 4.53. The predicted molar refractivity (Wildman–Crippen MR) is 66.7 cm³/mol. The van der Waals surface area contributed by atoms with Gasteiger partial charge in [-0.25, -0.2) is 0 Å². The van der Waals surface area contributed by atoms with Crippen LogP contribution in [0.3, 0.4) is 0 Å². The van der Waals surface area contributed by atoms with Gasteiger partial charge in [0.1, 0.15) is 0 Å². The molecule has 0 aliphatic heterocycles.